The minimum Gasteiger partial charge on any atom is -0.504 e. The molecule has 0 aromatic heterocycles. The van der Waals surface area contributed by atoms with E-state index >= 15 is 0 Å². The number of nitrogens with zero attached hydrogens (tertiary/aromatic N) is 1. The molecule has 1 aromatic rings. The van der Waals surface area contributed by atoms with Crippen LogP contribution in [0.1, 0.15) is 115 Å². The molecular weight excluding hydrogens is 378 g/mol. The number of rotatable bonds is 19. The van der Waals surface area contributed by atoms with Crippen molar-refractivity contribution in [3.05, 3.63) is 27.8 Å². The van der Waals surface area contributed by atoms with Gasteiger partial charge in [0.2, 0.25) is 0 Å². The highest BCUT2D eigenvalue weighted by Gasteiger charge is 2.14. The lowest BCUT2D eigenvalue weighted by atomic mass is 10.0. The van der Waals surface area contributed by atoms with E-state index in [-0.39, 0.29) is 11.4 Å². The van der Waals surface area contributed by atoms with E-state index < -0.39 is 4.92 Å². The van der Waals surface area contributed by atoms with Crippen molar-refractivity contribution in [2.45, 2.75) is 117 Å². The second-order valence-electron chi connectivity index (χ2n) is 8.52. The van der Waals surface area contributed by atoms with E-state index in [4.69, 9.17) is 4.74 Å². The summed E-state index contributed by atoms with van der Waals surface area (Å²) < 4.78 is 5.65. The highest BCUT2D eigenvalue weighted by molar-refractivity contribution is 5.52. The first-order chi connectivity index (χ1) is 14.6. The molecule has 1 rings (SSSR count). The Hall–Kier alpha value is -1.78. The highest BCUT2D eigenvalue weighted by Crippen LogP contribution is 2.34. The van der Waals surface area contributed by atoms with Crippen LogP contribution < -0.4 is 4.74 Å². The molecule has 5 nitrogen and oxygen atoms in total. The van der Waals surface area contributed by atoms with Gasteiger partial charge in [0.1, 0.15) is 0 Å². The van der Waals surface area contributed by atoms with Crippen LogP contribution in [0.4, 0.5) is 5.69 Å². The molecule has 0 radical (unpaired) electrons. The zero-order valence-electron chi connectivity index (χ0n) is 19.3. The van der Waals surface area contributed by atoms with Gasteiger partial charge in [-0.2, -0.15) is 0 Å². The zero-order chi connectivity index (χ0) is 22.0. The van der Waals surface area contributed by atoms with Crippen LogP contribution in [0.3, 0.4) is 0 Å². The van der Waals surface area contributed by atoms with Gasteiger partial charge in [0.15, 0.2) is 11.5 Å². The van der Waals surface area contributed by atoms with E-state index in [1.165, 1.54) is 96.0 Å². The number of nitro groups is 1. The fourth-order valence-electron chi connectivity index (χ4n) is 3.85. The summed E-state index contributed by atoms with van der Waals surface area (Å²) in [5.41, 5.74) is 0.484. The van der Waals surface area contributed by atoms with Gasteiger partial charge >= 0.3 is 0 Å². The minimum atomic E-state index is -0.508. The van der Waals surface area contributed by atoms with Crippen molar-refractivity contribution < 1.29 is 14.8 Å². The fraction of sp³-hybridized carbons (Fsp3) is 0.760. The summed E-state index contributed by atoms with van der Waals surface area (Å²) in [7, 11) is 0. The van der Waals surface area contributed by atoms with Gasteiger partial charge in [-0.25, -0.2) is 0 Å². The summed E-state index contributed by atoms with van der Waals surface area (Å²) in [6.07, 6.45) is 21.2. The summed E-state index contributed by atoms with van der Waals surface area (Å²) in [6, 6.07) is 2.58. The Labute approximate surface area is 183 Å². The SMILES string of the molecule is CCCCCCCCCCCCCCCCCCOc1c(C)cc([N+](=O)[O-])cc1O. The molecule has 1 N–H and O–H groups in total. The van der Waals surface area contributed by atoms with Gasteiger partial charge in [-0.05, 0) is 13.3 Å². The number of ether oxygens (including phenoxy) is 1. The van der Waals surface area contributed by atoms with Crippen molar-refractivity contribution in [1.29, 1.82) is 0 Å². The van der Waals surface area contributed by atoms with Gasteiger partial charge in [-0.15, -0.1) is 0 Å². The van der Waals surface area contributed by atoms with Crippen molar-refractivity contribution in [3.8, 4) is 11.5 Å². The van der Waals surface area contributed by atoms with Crippen LogP contribution in [0, 0.1) is 17.0 Å². The monoisotopic (exact) mass is 421 g/mol. The van der Waals surface area contributed by atoms with Crippen LogP contribution in [0.2, 0.25) is 0 Å². The van der Waals surface area contributed by atoms with E-state index in [2.05, 4.69) is 6.92 Å². The quantitative estimate of drug-likeness (QED) is 0.139. The molecule has 0 aliphatic carbocycles. The summed E-state index contributed by atoms with van der Waals surface area (Å²) in [4.78, 5) is 10.3. The van der Waals surface area contributed by atoms with Crippen LogP contribution in [0.15, 0.2) is 12.1 Å². The van der Waals surface area contributed by atoms with Crippen molar-refractivity contribution in [1.82, 2.24) is 0 Å². The van der Waals surface area contributed by atoms with E-state index in [9.17, 15) is 15.2 Å². The Balaban J connectivity index is 1.92. The molecule has 1 aromatic carbocycles. The molecule has 0 bridgehead atoms. The Morgan fingerprint density at radius 1 is 0.800 bits per heavy atom. The number of hydrogen-bond donors (Lipinski definition) is 1. The Morgan fingerprint density at radius 3 is 1.63 bits per heavy atom. The molecule has 0 aliphatic heterocycles. The molecule has 0 saturated heterocycles. The van der Waals surface area contributed by atoms with Crippen LogP contribution in [-0.4, -0.2) is 16.6 Å². The predicted octanol–water partition coefficient (Wildman–Crippen LogP) is 8.25. The third-order valence-electron chi connectivity index (χ3n) is 5.69. The zero-order valence-corrected chi connectivity index (χ0v) is 19.3. The Kier molecular flexibility index (Phi) is 14.8. The molecule has 0 atom stereocenters. The number of aromatic hydroxyl groups is 1. The number of non-ortho nitro benzene ring substituents is 1. The van der Waals surface area contributed by atoms with Crippen molar-refractivity contribution >= 4 is 5.69 Å². The Morgan fingerprint density at radius 2 is 1.23 bits per heavy atom. The lowest BCUT2D eigenvalue weighted by Gasteiger charge is -2.10. The molecule has 5 heteroatoms. The van der Waals surface area contributed by atoms with Gasteiger partial charge in [-0.3, -0.25) is 10.1 Å². The summed E-state index contributed by atoms with van der Waals surface area (Å²) in [5, 5.41) is 20.7. The van der Waals surface area contributed by atoms with Crippen LogP contribution >= 0.6 is 0 Å². The molecule has 0 spiro atoms. The van der Waals surface area contributed by atoms with Crippen LogP contribution in [0.5, 0.6) is 11.5 Å². The number of nitro benzene ring substituents is 1. The third kappa shape index (κ3) is 12.0. The second-order valence-corrected chi connectivity index (χ2v) is 8.52. The summed E-state index contributed by atoms with van der Waals surface area (Å²) in [6.45, 7) is 4.52. The van der Waals surface area contributed by atoms with Gasteiger partial charge in [-0.1, -0.05) is 103 Å². The number of benzene rings is 1. The smallest absolute Gasteiger partial charge is 0.273 e. The largest absolute Gasteiger partial charge is 0.504 e. The van der Waals surface area contributed by atoms with Crippen molar-refractivity contribution in [3.63, 3.8) is 0 Å². The maximum absolute atomic E-state index is 10.8. The number of unbranched alkanes of at least 4 members (excludes halogenated alkanes) is 15. The average molecular weight is 422 g/mol. The molecule has 30 heavy (non-hydrogen) atoms. The topological polar surface area (TPSA) is 72.6 Å². The minimum absolute atomic E-state index is 0.111. The molecule has 0 aliphatic rings. The molecule has 0 heterocycles. The summed E-state index contributed by atoms with van der Waals surface area (Å²) >= 11 is 0. The first kappa shape index (κ1) is 26.3. The van der Waals surface area contributed by atoms with Gasteiger partial charge in [0.05, 0.1) is 17.6 Å². The maximum Gasteiger partial charge on any atom is 0.273 e. The number of aryl methyl sites for hydroxylation is 1. The van der Waals surface area contributed by atoms with Gasteiger partial charge < -0.3 is 9.84 Å². The number of phenolic OH excluding ortho intramolecular Hbond substituents is 1. The van der Waals surface area contributed by atoms with E-state index in [0.29, 0.717) is 17.9 Å². The summed E-state index contributed by atoms with van der Waals surface area (Å²) in [5.74, 6) is 0.208. The first-order valence-electron chi connectivity index (χ1n) is 12.2. The molecule has 0 amide bonds. The van der Waals surface area contributed by atoms with Gasteiger partial charge in [0, 0.05) is 11.6 Å². The molecule has 0 unspecified atom stereocenters. The van der Waals surface area contributed by atoms with E-state index in [0.717, 1.165) is 18.9 Å². The Bertz CT molecular complexity index is 566. The molecule has 0 fully saturated rings. The number of phenols is 1. The molecule has 172 valence electrons. The second kappa shape index (κ2) is 17.0. The highest BCUT2D eigenvalue weighted by atomic mass is 16.6. The van der Waals surface area contributed by atoms with Gasteiger partial charge in [0.25, 0.3) is 5.69 Å². The average Bonchev–Trinajstić information content (AvgIpc) is 2.71. The van der Waals surface area contributed by atoms with E-state index in [1.54, 1.807) is 6.92 Å². The maximum atomic E-state index is 10.8. The van der Waals surface area contributed by atoms with E-state index in [1.807, 2.05) is 0 Å². The lowest BCUT2D eigenvalue weighted by Crippen LogP contribution is -2.00. The van der Waals surface area contributed by atoms with Crippen molar-refractivity contribution in [2.24, 2.45) is 0 Å². The van der Waals surface area contributed by atoms with Crippen molar-refractivity contribution in [2.75, 3.05) is 6.61 Å². The number of hydrogen-bond acceptors (Lipinski definition) is 4. The van der Waals surface area contributed by atoms with Crippen LogP contribution in [0.25, 0.3) is 0 Å². The van der Waals surface area contributed by atoms with Crippen LogP contribution in [-0.2, 0) is 0 Å². The predicted molar refractivity (Wildman–Crippen MR) is 125 cm³/mol. The standard InChI is InChI=1S/C25H43NO4/c1-3-4-5-6-7-8-9-10-11-12-13-14-15-16-17-18-19-30-25-22(2)20-23(26(28)29)21-24(25)27/h20-21,27H,3-19H2,1-2H3. The normalized spacial score (nSPS) is 11.0. The molecular formula is C25H43NO4. The fourth-order valence-corrected chi connectivity index (χ4v) is 3.85. The molecule has 0 saturated carbocycles. The first-order valence-corrected chi connectivity index (χ1v) is 12.2. The third-order valence-corrected chi connectivity index (χ3v) is 5.69. The lowest BCUT2D eigenvalue weighted by molar-refractivity contribution is -0.385.